The van der Waals surface area contributed by atoms with Crippen LogP contribution in [0.5, 0.6) is 0 Å². The van der Waals surface area contributed by atoms with Gasteiger partial charge >= 0.3 is 0 Å². The molecule has 0 atom stereocenters. The predicted octanol–water partition coefficient (Wildman–Crippen LogP) is 7.04. The van der Waals surface area contributed by atoms with Crippen molar-refractivity contribution in [2.75, 3.05) is 0 Å². The van der Waals surface area contributed by atoms with Crippen LogP contribution in [0.4, 0.5) is 0 Å². The van der Waals surface area contributed by atoms with Crippen LogP contribution in [-0.2, 0) is 0 Å². The first-order chi connectivity index (χ1) is 13.9. The highest BCUT2D eigenvalue weighted by molar-refractivity contribution is 5.96. The van der Waals surface area contributed by atoms with Gasteiger partial charge in [0.15, 0.2) is 0 Å². The molecule has 1 heterocycles. The Bertz CT molecular complexity index is 1220. The van der Waals surface area contributed by atoms with Crippen LogP contribution >= 0.6 is 0 Å². The van der Waals surface area contributed by atoms with E-state index in [-0.39, 0.29) is 0 Å². The normalized spacial score (nSPS) is 10.9. The van der Waals surface area contributed by atoms with Gasteiger partial charge in [-0.2, -0.15) is 0 Å². The summed E-state index contributed by atoms with van der Waals surface area (Å²) in [5, 5.41) is 1.17. The first kappa shape index (κ1) is 16.5. The van der Waals surface area contributed by atoms with Crippen molar-refractivity contribution in [3.8, 4) is 33.5 Å². The predicted molar refractivity (Wildman–Crippen MR) is 117 cm³/mol. The van der Waals surface area contributed by atoms with E-state index in [0.717, 1.165) is 22.3 Å². The average molecular weight is 356 g/mol. The Morgan fingerprint density at radius 3 is 1.96 bits per heavy atom. The monoisotopic (exact) mass is 356 g/mol. The third-order valence-corrected chi connectivity index (χ3v) is 5.00. The maximum absolute atomic E-state index is 4.90. The lowest BCUT2D eigenvalue weighted by atomic mass is 9.97. The first-order valence-corrected chi connectivity index (χ1v) is 9.41. The minimum atomic E-state index is 0.942. The second kappa shape index (κ2) is 7.13. The molecule has 0 spiro atoms. The van der Waals surface area contributed by atoms with Crippen molar-refractivity contribution >= 4 is 10.9 Å². The highest BCUT2D eigenvalue weighted by Crippen LogP contribution is 2.32. The fourth-order valence-electron chi connectivity index (χ4n) is 3.56. The Balaban J connectivity index is 1.63. The van der Waals surface area contributed by atoms with Crippen molar-refractivity contribution in [3.63, 3.8) is 0 Å². The largest absolute Gasteiger partial charge is 0.296 e. The molecule has 0 N–H and O–H groups in total. The molecule has 5 aromatic rings. The maximum Gasteiger partial charge on any atom is 0.0601 e. The molecular weight excluding hydrogens is 338 g/mol. The summed E-state index contributed by atoms with van der Waals surface area (Å²) in [5.41, 5.74) is 7.69. The molecule has 0 saturated carbocycles. The lowest BCUT2D eigenvalue weighted by molar-refractivity contribution is 1.39. The Hall–Kier alpha value is -3.71. The van der Waals surface area contributed by atoms with E-state index in [2.05, 4.69) is 91.0 Å². The van der Waals surface area contributed by atoms with Crippen molar-refractivity contribution in [1.82, 2.24) is 4.98 Å². The molecule has 1 heteroatoms. The van der Waals surface area contributed by atoms with E-state index >= 15 is 0 Å². The number of aromatic nitrogens is 1. The highest BCUT2D eigenvalue weighted by Gasteiger charge is 2.06. The van der Waals surface area contributed by atoms with Gasteiger partial charge in [0.25, 0.3) is 0 Å². The molecule has 1 nitrogen and oxygen atoms in total. The Kier molecular flexibility index (Phi) is 4.19. The zero-order chi connectivity index (χ0) is 18.8. The topological polar surface area (TPSA) is 12.9 Å². The summed E-state index contributed by atoms with van der Waals surface area (Å²) in [6.07, 6.45) is 0. The van der Waals surface area contributed by atoms with E-state index < -0.39 is 0 Å². The van der Waals surface area contributed by atoms with Gasteiger partial charge in [-0.05, 0) is 22.9 Å². The van der Waals surface area contributed by atoms with Crippen LogP contribution < -0.4 is 0 Å². The van der Waals surface area contributed by atoms with Crippen LogP contribution in [0.2, 0.25) is 0 Å². The van der Waals surface area contributed by atoms with Crippen molar-refractivity contribution in [1.29, 1.82) is 0 Å². The van der Waals surface area contributed by atoms with Gasteiger partial charge in [0.2, 0.25) is 0 Å². The second-order valence-electron chi connectivity index (χ2n) is 6.80. The van der Waals surface area contributed by atoms with Gasteiger partial charge in [-0.3, -0.25) is 4.98 Å². The summed E-state index contributed by atoms with van der Waals surface area (Å²) < 4.78 is 0. The number of nitrogens with zero attached hydrogens (tertiary/aromatic N) is 1. The van der Waals surface area contributed by atoms with E-state index in [1.165, 1.54) is 22.1 Å². The summed E-state index contributed by atoms with van der Waals surface area (Å²) >= 11 is 0. The number of benzene rings is 4. The standard InChI is InChI=1S/C27H18N/c1-3-9-20(10-4-1)21-15-17-23(18-16-21)27-19-25(22-11-5-2-6-12-22)24-13-7-8-14-26(24)28-27/h1-17,19H/q-1. The Labute approximate surface area is 165 Å². The van der Waals surface area contributed by atoms with E-state index in [9.17, 15) is 0 Å². The zero-order valence-corrected chi connectivity index (χ0v) is 15.3. The lowest BCUT2D eigenvalue weighted by Gasteiger charge is -2.15. The minimum Gasteiger partial charge on any atom is -0.296 e. The molecule has 0 bridgehead atoms. The number of fused-ring (bicyclic) bond motifs is 1. The molecule has 0 fully saturated rings. The lowest BCUT2D eigenvalue weighted by Crippen LogP contribution is -1.90. The SMILES string of the molecule is [c-]1cc(-c2ccccc2)ccc1-c1cc(-c2ccccc2)c2ccccc2n1. The number of rotatable bonds is 3. The van der Waals surface area contributed by atoms with Crippen LogP contribution in [0.1, 0.15) is 0 Å². The summed E-state index contributed by atoms with van der Waals surface area (Å²) in [6, 6.07) is 41.1. The highest BCUT2D eigenvalue weighted by atomic mass is 14.7. The van der Waals surface area contributed by atoms with Gasteiger partial charge in [0.05, 0.1) is 5.52 Å². The second-order valence-corrected chi connectivity index (χ2v) is 6.80. The molecule has 0 radical (unpaired) electrons. The molecule has 1 aromatic heterocycles. The molecule has 0 unspecified atom stereocenters. The van der Waals surface area contributed by atoms with Crippen LogP contribution in [0.15, 0.2) is 109 Å². The van der Waals surface area contributed by atoms with Gasteiger partial charge < -0.3 is 0 Å². The molecular formula is C27H18N-. The van der Waals surface area contributed by atoms with Gasteiger partial charge in [0, 0.05) is 5.39 Å². The van der Waals surface area contributed by atoms with E-state index in [1.807, 2.05) is 24.3 Å². The van der Waals surface area contributed by atoms with Gasteiger partial charge in [-0.15, -0.1) is 29.8 Å². The molecule has 0 amide bonds. The number of para-hydroxylation sites is 1. The molecule has 5 rings (SSSR count). The number of pyridine rings is 1. The number of hydrogen-bond acceptors (Lipinski definition) is 1. The Morgan fingerprint density at radius 1 is 0.571 bits per heavy atom. The first-order valence-electron chi connectivity index (χ1n) is 9.41. The van der Waals surface area contributed by atoms with Gasteiger partial charge in [-0.25, -0.2) is 0 Å². The van der Waals surface area contributed by atoms with Crippen molar-refractivity contribution in [3.05, 3.63) is 115 Å². The smallest absolute Gasteiger partial charge is 0.0601 e. The maximum atomic E-state index is 4.90. The van der Waals surface area contributed by atoms with E-state index in [1.54, 1.807) is 0 Å². The van der Waals surface area contributed by atoms with Crippen molar-refractivity contribution < 1.29 is 0 Å². The van der Waals surface area contributed by atoms with E-state index in [4.69, 9.17) is 4.98 Å². The molecule has 132 valence electrons. The van der Waals surface area contributed by atoms with Gasteiger partial charge in [-0.1, -0.05) is 96.1 Å². The summed E-state index contributed by atoms with van der Waals surface area (Å²) in [5.74, 6) is 0. The zero-order valence-electron chi connectivity index (χ0n) is 15.3. The third kappa shape index (κ3) is 3.08. The van der Waals surface area contributed by atoms with Crippen LogP contribution in [-0.4, -0.2) is 4.98 Å². The molecule has 0 aliphatic heterocycles. The minimum absolute atomic E-state index is 0.942. The molecule has 0 aliphatic carbocycles. The molecule has 4 aromatic carbocycles. The van der Waals surface area contributed by atoms with Crippen LogP contribution in [0.25, 0.3) is 44.4 Å². The van der Waals surface area contributed by atoms with Crippen LogP contribution in [0, 0.1) is 6.07 Å². The van der Waals surface area contributed by atoms with Crippen molar-refractivity contribution in [2.45, 2.75) is 0 Å². The Morgan fingerprint density at radius 2 is 1.25 bits per heavy atom. The summed E-state index contributed by atoms with van der Waals surface area (Å²) in [7, 11) is 0. The van der Waals surface area contributed by atoms with Crippen LogP contribution in [0.3, 0.4) is 0 Å². The number of hydrogen-bond donors (Lipinski definition) is 0. The van der Waals surface area contributed by atoms with E-state index in [0.29, 0.717) is 0 Å². The molecule has 28 heavy (non-hydrogen) atoms. The summed E-state index contributed by atoms with van der Waals surface area (Å²) in [4.78, 5) is 4.90. The summed E-state index contributed by atoms with van der Waals surface area (Å²) in [6.45, 7) is 0. The quantitative estimate of drug-likeness (QED) is 0.316. The average Bonchev–Trinajstić information content (AvgIpc) is 2.79. The van der Waals surface area contributed by atoms with Gasteiger partial charge in [0.1, 0.15) is 0 Å². The fraction of sp³-hybridized carbons (Fsp3) is 0. The fourth-order valence-corrected chi connectivity index (χ4v) is 3.56. The molecule has 0 aliphatic rings. The molecule has 0 saturated heterocycles. The van der Waals surface area contributed by atoms with Crippen molar-refractivity contribution in [2.24, 2.45) is 0 Å². The third-order valence-electron chi connectivity index (χ3n) is 5.00.